The minimum Gasteiger partial charge on any atom is -0.399 e. The molecule has 0 saturated heterocycles. The molecule has 0 radical (unpaired) electrons. The van der Waals surface area contributed by atoms with Gasteiger partial charge in [-0.1, -0.05) is 0 Å². The number of nitrogens with zero attached hydrogens (tertiary/aromatic N) is 3. The summed E-state index contributed by atoms with van der Waals surface area (Å²) in [5.41, 5.74) is 4.20. The van der Waals surface area contributed by atoms with Gasteiger partial charge in [0.2, 0.25) is 5.13 Å². The molecule has 1 N–H and O–H groups in total. The number of nitro groups is 1. The van der Waals surface area contributed by atoms with Gasteiger partial charge in [-0.05, 0) is 19.9 Å². The molecule has 7 nitrogen and oxygen atoms in total. The summed E-state index contributed by atoms with van der Waals surface area (Å²) < 4.78 is 5.05. The zero-order valence-electron chi connectivity index (χ0n) is 9.71. The van der Waals surface area contributed by atoms with Crippen LogP contribution in [0.15, 0.2) is 27.0 Å². The standard InChI is InChI=1S/C10H10N4O3S/c1-6(2)12-13-10-11-7(5-18-10)8-3-4-9(17-8)14(15)16/h3-5H,1-2H3,(H,11,13). The van der Waals surface area contributed by atoms with Gasteiger partial charge in [0.25, 0.3) is 0 Å². The summed E-state index contributed by atoms with van der Waals surface area (Å²) in [7, 11) is 0. The molecule has 0 aliphatic carbocycles. The molecular weight excluding hydrogens is 256 g/mol. The number of nitrogens with one attached hydrogen (secondary N) is 1. The Kier molecular flexibility index (Phi) is 3.38. The van der Waals surface area contributed by atoms with Crippen LogP contribution in [0.4, 0.5) is 11.0 Å². The van der Waals surface area contributed by atoms with Crippen LogP contribution in [0, 0.1) is 10.1 Å². The summed E-state index contributed by atoms with van der Waals surface area (Å²) in [6.07, 6.45) is 0. The first-order chi connectivity index (χ1) is 8.56. The molecule has 94 valence electrons. The topological polar surface area (TPSA) is 93.6 Å². The molecule has 0 fully saturated rings. The highest BCUT2D eigenvalue weighted by atomic mass is 32.1. The Bertz CT molecular complexity index is 598. The van der Waals surface area contributed by atoms with Crippen LogP contribution < -0.4 is 5.43 Å². The highest BCUT2D eigenvalue weighted by molar-refractivity contribution is 7.14. The van der Waals surface area contributed by atoms with Gasteiger partial charge >= 0.3 is 5.88 Å². The molecule has 0 aliphatic heterocycles. The van der Waals surface area contributed by atoms with E-state index in [1.807, 2.05) is 13.8 Å². The van der Waals surface area contributed by atoms with Gasteiger partial charge in [0, 0.05) is 11.1 Å². The second-order valence-corrected chi connectivity index (χ2v) is 4.46. The van der Waals surface area contributed by atoms with Crippen LogP contribution >= 0.6 is 11.3 Å². The minimum absolute atomic E-state index is 0.296. The van der Waals surface area contributed by atoms with E-state index in [-0.39, 0.29) is 5.88 Å². The van der Waals surface area contributed by atoms with Crippen LogP contribution in [-0.2, 0) is 0 Å². The van der Waals surface area contributed by atoms with Crippen molar-refractivity contribution in [1.82, 2.24) is 4.98 Å². The van der Waals surface area contributed by atoms with E-state index < -0.39 is 4.92 Å². The molecule has 0 atom stereocenters. The Hall–Kier alpha value is -2.22. The first-order valence-corrected chi connectivity index (χ1v) is 5.91. The summed E-state index contributed by atoms with van der Waals surface area (Å²) in [6, 6.07) is 2.82. The lowest BCUT2D eigenvalue weighted by atomic mass is 10.4. The molecule has 8 heteroatoms. The van der Waals surface area contributed by atoms with Crippen molar-refractivity contribution in [1.29, 1.82) is 0 Å². The van der Waals surface area contributed by atoms with E-state index in [9.17, 15) is 10.1 Å². The summed E-state index contributed by atoms with van der Waals surface area (Å²) in [6.45, 7) is 3.72. The first kappa shape index (κ1) is 12.2. The van der Waals surface area contributed by atoms with Gasteiger partial charge in [0.15, 0.2) is 5.76 Å². The zero-order chi connectivity index (χ0) is 13.1. The van der Waals surface area contributed by atoms with Gasteiger partial charge < -0.3 is 4.42 Å². The third-order valence-corrected chi connectivity index (χ3v) is 2.65. The zero-order valence-corrected chi connectivity index (χ0v) is 10.5. The lowest BCUT2D eigenvalue weighted by molar-refractivity contribution is -0.401. The van der Waals surface area contributed by atoms with Crippen LogP contribution in [-0.4, -0.2) is 15.6 Å². The van der Waals surface area contributed by atoms with Gasteiger partial charge in [-0.3, -0.25) is 15.5 Å². The van der Waals surface area contributed by atoms with Gasteiger partial charge in [0.05, 0.1) is 6.07 Å². The SMILES string of the molecule is CC(C)=NNc1nc(-c2ccc([N+](=O)[O-])o2)cs1. The fourth-order valence-electron chi connectivity index (χ4n) is 1.16. The molecule has 0 unspecified atom stereocenters. The average molecular weight is 266 g/mol. The molecule has 0 aliphatic rings. The molecule has 2 aromatic heterocycles. The number of thiazole rings is 1. The fourth-order valence-corrected chi connectivity index (χ4v) is 1.80. The lowest BCUT2D eigenvalue weighted by Crippen LogP contribution is -1.91. The van der Waals surface area contributed by atoms with E-state index >= 15 is 0 Å². The van der Waals surface area contributed by atoms with Crippen LogP contribution in [0.2, 0.25) is 0 Å². The first-order valence-electron chi connectivity index (χ1n) is 5.03. The number of hydrogen-bond donors (Lipinski definition) is 1. The summed E-state index contributed by atoms with van der Waals surface area (Å²) in [5.74, 6) is 0.0677. The minimum atomic E-state index is -0.584. The van der Waals surface area contributed by atoms with Crippen molar-refractivity contribution in [2.45, 2.75) is 13.8 Å². The Balaban J connectivity index is 2.18. The van der Waals surface area contributed by atoms with Crippen LogP contribution in [0.5, 0.6) is 0 Å². The van der Waals surface area contributed by atoms with E-state index in [0.29, 0.717) is 16.6 Å². The number of hydrazone groups is 1. The van der Waals surface area contributed by atoms with E-state index in [4.69, 9.17) is 4.42 Å². The predicted octanol–water partition coefficient (Wildman–Crippen LogP) is 3.12. The van der Waals surface area contributed by atoms with Gasteiger partial charge in [-0.2, -0.15) is 5.10 Å². The van der Waals surface area contributed by atoms with Crippen LogP contribution in [0.25, 0.3) is 11.5 Å². The molecule has 0 bridgehead atoms. The Morgan fingerprint density at radius 2 is 2.33 bits per heavy atom. The van der Waals surface area contributed by atoms with Gasteiger partial charge in [-0.25, -0.2) is 4.98 Å². The molecule has 0 spiro atoms. The normalized spacial score (nSPS) is 10.1. The maximum Gasteiger partial charge on any atom is 0.433 e. The molecule has 2 rings (SSSR count). The van der Waals surface area contributed by atoms with Crippen molar-refractivity contribution >= 4 is 28.1 Å². The molecule has 0 aromatic carbocycles. The van der Waals surface area contributed by atoms with E-state index in [2.05, 4.69) is 15.5 Å². The summed E-state index contributed by atoms with van der Waals surface area (Å²) in [5, 5.41) is 16.8. The predicted molar refractivity (Wildman–Crippen MR) is 68.9 cm³/mol. The largest absolute Gasteiger partial charge is 0.433 e. The van der Waals surface area contributed by atoms with E-state index in [1.165, 1.54) is 23.5 Å². The Morgan fingerprint density at radius 3 is 2.94 bits per heavy atom. The van der Waals surface area contributed by atoms with E-state index in [1.54, 1.807) is 5.38 Å². The Labute approximate surface area is 106 Å². The van der Waals surface area contributed by atoms with Gasteiger partial charge in [-0.15, -0.1) is 11.3 Å². The molecule has 0 amide bonds. The molecule has 2 aromatic rings. The second kappa shape index (κ2) is 4.96. The Morgan fingerprint density at radius 1 is 1.56 bits per heavy atom. The summed E-state index contributed by atoms with van der Waals surface area (Å²) >= 11 is 1.34. The lowest BCUT2D eigenvalue weighted by Gasteiger charge is -1.93. The fraction of sp³-hybridized carbons (Fsp3) is 0.200. The number of aromatic nitrogens is 1. The third-order valence-electron chi connectivity index (χ3n) is 1.90. The maximum atomic E-state index is 10.5. The van der Waals surface area contributed by atoms with Crippen LogP contribution in [0.3, 0.4) is 0 Å². The van der Waals surface area contributed by atoms with Crippen molar-refractivity contribution in [2.24, 2.45) is 5.10 Å². The maximum absolute atomic E-state index is 10.5. The summed E-state index contributed by atoms with van der Waals surface area (Å²) in [4.78, 5) is 14.1. The molecule has 18 heavy (non-hydrogen) atoms. The number of hydrogen-bond acceptors (Lipinski definition) is 7. The number of anilines is 1. The molecule has 0 saturated carbocycles. The highest BCUT2D eigenvalue weighted by Crippen LogP contribution is 2.28. The number of furan rings is 1. The van der Waals surface area contributed by atoms with Crippen molar-refractivity contribution in [3.63, 3.8) is 0 Å². The molecule has 2 heterocycles. The monoisotopic (exact) mass is 266 g/mol. The van der Waals surface area contributed by atoms with Crippen molar-refractivity contribution in [2.75, 3.05) is 5.43 Å². The average Bonchev–Trinajstić information content (AvgIpc) is 2.95. The van der Waals surface area contributed by atoms with Crippen LogP contribution in [0.1, 0.15) is 13.8 Å². The number of rotatable bonds is 4. The highest BCUT2D eigenvalue weighted by Gasteiger charge is 2.15. The molecular formula is C10H10N4O3S. The van der Waals surface area contributed by atoms with Crippen molar-refractivity contribution in [3.05, 3.63) is 27.6 Å². The van der Waals surface area contributed by atoms with Crippen molar-refractivity contribution < 1.29 is 9.34 Å². The van der Waals surface area contributed by atoms with E-state index in [0.717, 1.165) is 5.71 Å². The quantitative estimate of drug-likeness (QED) is 0.521. The van der Waals surface area contributed by atoms with Crippen molar-refractivity contribution in [3.8, 4) is 11.5 Å². The van der Waals surface area contributed by atoms with Gasteiger partial charge in [0.1, 0.15) is 10.6 Å². The second-order valence-electron chi connectivity index (χ2n) is 3.60. The third kappa shape index (κ3) is 2.72. The smallest absolute Gasteiger partial charge is 0.399 e.